The zero-order valence-electron chi connectivity index (χ0n) is 15.7. The van der Waals surface area contributed by atoms with Crippen molar-refractivity contribution in [3.63, 3.8) is 0 Å². The van der Waals surface area contributed by atoms with Crippen molar-refractivity contribution in [2.45, 2.75) is 20.3 Å². The summed E-state index contributed by atoms with van der Waals surface area (Å²) in [6, 6.07) is 4.29. The van der Waals surface area contributed by atoms with Crippen LogP contribution in [0.1, 0.15) is 18.7 Å². The van der Waals surface area contributed by atoms with Crippen molar-refractivity contribution in [1.82, 2.24) is 20.0 Å². The molecule has 1 aromatic rings. The normalized spacial score (nSPS) is 16.1. The number of amides is 1. The van der Waals surface area contributed by atoms with E-state index in [1.165, 1.54) is 4.88 Å². The van der Waals surface area contributed by atoms with Gasteiger partial charge in [-0.2, -0.15) is 0 Å². The highest BCUT2D eigenvalue weighted by Crippen LogP contribution is 2.09. The molecule has 1 amide bonds. The number of carbonyl (C=O) groups excluding carboxylic acids is 1. The fraction of sp³-hybridized carbons (Fsp3) is 0.667. The van der Waals surface area contributed by atoms with Crippen LogP contribution in [0.25, 0.3) is 0 Å². The van der Waals surface area contributed by atoms with Crippen LogP contribution in [0.3, 0.4) is 0 Å². The summed E-state index contributed by atoms with van der Waals surface area (Å²) in [6.45, 7) is 10.9. The standard InChI is InChI=1S/C18H31N5OS/c1-4-19-18(21(3)9-7-17-6-5-15-25-17)20-8-10-22-11-13-23(14-12-22)16(2)24/h5-6,15H,4,7-14H2,1-3H3,(H,19,20). The first-order valence-corrected chi connectivity index (χ1v) is 9.97. The van der Waals surface area contributed by atoms with Gasteiger partial charge < -0.3 is 15.1 Å². The van der Waals surface area contributed by atoms with Crippen LogP contribution in [0, 0.1) is 0 Å². The number of guanidine groups is 1. The molecule has 140 valence electrons. The Balaban J connectivity index is 1.75. The average molecular weight is 366 g/mol. The molecule has 0 unspecified atom stereocenters. The number of piperazine rings is 1. The lowest BCUT2D eigenvalue weighted by atomic mass is 10.3. The molecule has 2 rings (SSSR count). The van der Waals surface area contributed by atoms with E-state index >= 15 is 0 Å². The molecule has 0 radical (unpaired) electrons. The van der Waals surface area contributed by atoms with Gasteiger partial charge >= 0.3 is 0 Å². The molecule has 1 fully saturated rings. The highest BCUT2D eigenvalue weighted by atomic mass is 32.1. The number of nitrogens with zero attached hydrogens (tertiary/aromatic N) is 4. The van der Waals surface area contributed by atoms with Crippen LogP contribution in [-0.2, 0) is 11.2 Å². The molecule has 1 aliphatic rings. The van der Waals surface area contributed by atoms with Gasteiger partial charge in [-0.3, -0.25) is 14.7 Å². The molecular formula is C18H31N5OS. The molecule has 1 N–H and O–H groups in total. The first-order chi connectivity index (χ1) is 12.1. The molecule has 25 heavy (non-hydrogen) atoms. The Morgan fingerprint density at radius 3 is 2.72 bits per heavy atom. The maximum Gasteiger partial charge on any atom is 0.219 e. The summed E-state index contributed by atoms with van der Waals surface area (Å²) in [5.41, 5.74) is 0. The van der Waals surface area contributed by atoms with Crippen molar-refractivity contribution in [2.75, 3.05) is 59.4 Å². The Bertz CT molecular complexity index is 538. The van der Waals surface area contributed by atoms with E-state index in [0.717, 1.165) is 64.7 Å². The van der Waals surface area contributed by atoms with Crippen LogP contribution in [-0.4, -0.2) is 86.0 Å². The molecular weight excluding hydrogens is 334 g/mol. The van der Waals surface area contributed by atoms with Gasteiger partial charge in [0.1, 0.15) is 0 Å². The molecule has 7 heteroatoms. The largest absolute Gasteiger partial charge is 0.357 e. The SMILES string of the molecule is CCNC(=NCCN1CCN(C(C)=O)CC1)N(C)CCc1cccs1. The minimum absolute atomic E-state index is 0.180. The van der Waals surface area contributed by atoms with Crippen LogP contribution >= 0.6 is 11.3 Å². The Hall–Kier alpha value is -1.60. The second-order valence-corrected chi connectivity index (χ2v) is 7.37. The molecule has 1 saturated heterocycles. The monoisotopic (exact) mass is 365 g/mol. The Labute approximate surface area is 155 Å². The van der Waals surface area contributed by atoms with Crippen LogP contribution < -0.4 is 5.32 Å². The van der Waals surface area contributed by atoms with Crippen LogP contribution in [0.4, 0.5) is 0 Å². The van der Waals surface area contributed by atoms with E-state index in [4.69, 9.17) is 4.99 Å². The number of aliphatic imine (C=N–C) groups is 1. The smallest absolute Gasteiger partial charge is 0.219 e. The number of carbonyl (C=O) groups is 1. The maximum absolute atomic E-state index is 11.4. The van der Waals surface area contributed by atoms with E-state index in [1.807, 2.05) is 16.2 Å². The lowest BCUT2D eigenvalue weighted by Crippen LogP contribution is -2.48. The zero-order chi connectivity index (χ0) is 18.1. The summed E-state index contributed by atoms with van der Waals surface area (Å²) in [6.07, 6.45) is 1.05. The van der Waals surface area contributed by atoms with E-state index in [9.17, 15) is 4.79 Å². The molecule has 0 aliphatic carbocycles. The van der Waals surface area contributed by atoms with Gasteiger partial charge in [-0.15, -0.1) is 11.3 Å². The second kappa shape index (κ2) is 10.4. The quantitative estimate of drug-likeness (QED) is 0.585. The number of thiophene rings is 1. The van der Waals surface area contributed by atoms with Crippen molar-refractivity contribution < 1.29 is 4.79 Å². The molecule has 0 bridgehead atoms. The van der Waals surface area contributed by atoms with Gasteiger partial charge in [-0.1, -0.05) is 6.07 Å². The number of rotatable bonds is 7. The maximum atomic E-state index is 11.4. The van der Waals surface area contributed by atoms with Gasteiger partial charge in [0, 0.05) is 64.7 Å². The van der Waals surface area contributed by atoms with Gasteiger partial charge in [0.2, 0.25) is 5.91 Å². The van der Waals surface area contributed by atoms with Crippen molar-refractivity contribution in [3.05, 3.63) is 22.4 Å². The highest BCUT2D eigenvalue weighted by Gasteiger charge is 2.17. The predicted molar refractivity (Wildman–Crippen MR) is 105 cm³/mol. The third kappa shape index (κ3) is 6.66. The van der Waals surface area contributed by atoms with Gasteiger partial charge in [0.25, 0.3) is 0 Å². The number of hydrogen-bond acceptors (Lipinski definition) is 4. The topological polar surface area (TPSA) is 51.2 Å². The highest BCUT2D eigenvalue weighted by molar-refractivity contribution is 7.09. The number of nitrogens with one attached hydrogen (secondary N) is 1. The molecule has 6 nitrogen and oxygen atoms in total. The lowest BCUT2D eigenvalue weighted by molar-refractivity contribution is -0.130. The molecule has 2 heterocycles. The fourth-order valence-corrected chi connectivity index (χ4v) is 3.59. The first-order valence-electron chi connectivity index (χ1n) is 9.10. The van der Waals surface area contributed by atoms with Crippen molar-refractivity contribution in [1.29, 1.82) is 0 Å². The van der Waals surface area contributed by atoms with Crippen molar-refractivity contribution in [2.24, 2.45) is 4.99 Å². The van der Waals surface area contributed by atoms with Crippen molar-refractivity contribution >= 4 is 23.2 Å². The predicted octanol–water partition coefficient (Wildman–Crippen LogP) is 1.35. The van der Waals surface area contributed by atoms with Gasteiger partial charge in [-0.25, -0.2) is 0 Å². The van der Waals surface area contributed by atoms with Gasteiger partial charge in [0.15, 0.2) is 5.96 Å². The summed E-state index contributed by atoms with van der Waals surface area (Å²) < 4.78 is 0. The Morgan fingerprint density at radius 1 is 1.36 bits per heavy atom. The van der Waals surface area contributed by atoms with E-state index in [-0.39, 0.29) is 5.91 Å². The van der Waals surface area contributed by atoms with Gasteiger partial charge in [0.05, 0.1) is 6.54 Å². The average Bonchev–Trinajstić information content (AvgIpc) is 3.13. The minimum atomic E-state index is 0.180. The first kappa shape index (κ1) is 19.7. The summed E-state index contributed by atoms with van der Waals surface area (Å²) in [4.78, 5) is 24.1. The van der Waals surface area contributed by atoms with E-state index in [0.29, 0.717) is 0 Å². The summed E-state index contributed by atoms with van der Waals surface area (Å²) in [7, 11) is 2.10. The summed E-state index contributed by atoms with van der Waals surface area (Å²) >= 11 is 1.81. The van der Waals surface area contributed by atoms with Crippen LogP contribution in [0.2, 0.25) is 0 Å². The lowest BCUT2D eigenvalue weighted by Gasteiger charge is -2.33. The third-order valence-corrected chi connectivity index (χ3v) is 5.40. The summed E-state index contributed by atoms with van der Waals surface area (Å²) in [5, 5.41) is 5.51. The van der Waals surface area contributed by atoms with Crippen LogP contribution in [0.15, 0.2) is 22.5 Å². The molecule has 0 aromatic carbocycles. The van der Waals surface area contributed by atoms with E-state index in [1.54, 1.807) is 6.92 Å². The Kier molecular flexibility index (Phi) is 8.21. The molecule has 0 saturated carbocycles. The molecule has 0 spiro atoms. The number of hydrogen-bond donors (Lipinski definition) is 1. The zero-order valence-corrected chi connectivity index (χ0v) is 16.5. The van der Waals surface area contributed by atoms with Crippen LogP contribution in [0.5, 0.6) is 0 Å². The second-order valence-electron chi connectivity index (χ2n) is 6.33. The number of likely N-dealkylation sites (N-methyl/N-ethyl adjacent to an activating group) is 1. The third-order valence-electron chi connectivity index (χ3n) is 4.47. The van der Waals surface area contributed by atoms with Crippen molar-refractivity contribution in [3.8, 4) is 0 Å². The van der Waals surface area contributed by atoms with E-state index < -0.39 is 0 Å². The van der Waals surface area contributed by atoms with E-state index in [2.05, 4.69) is 46.6 Å². The molecule has 1 aliphatic heterocycles. The molecule has 1 aromatic heterocycles. The fourth-order valence-electron chi connectivity index (χ4n) is 2.89. The minimum Gasteiger partial charge on any atom is -0.357 e. The molecule has 0 atom stereocenters. The Morgan fingerprint density at radius 2 is 2.12 bits per heavy atom. The summed E-state index contributed by atoms with van der Waals surface area (Å²) in [5.74, 6) is 1.15. The van der Waals surface area contributed by atoms with Gasteiger partial charge in [-0.05, 0) is 24.8 Å².